The van der Waals surface area contributed by atoms with Gasteiger partial charge in [0, 0.05) is 25.2 Å². The summed E-state index contributed by atoms with van der Waals surface area (Å²) < 4.78 is 30.3. The van der Waals surface area contributed by atoms with E-state index >= 15 is 0 Å². The molecule has 0 aliphatic rings. The molecule has 0 bridgehead atoms. The fourth-order valence-corrected chi connectivity index (χ4v) is 3.53. The maximum atomic E-state index is 12.6. The lowest BCUT2D eigenvalue weighted by atomic mass is 10.1. The first-order valence-electron chi connectivity index (χ1n) is 9.07. The van der Waals surface area contributed by atoms with E-state index in [-0.39, 0.29) is 23.7 Å². The number of carbonyl (C=O) groups excluding carboxylic acids is 2. The molecule has 0 aromatic heterocycles. The highest BCUT2D eigenvalue weighted by atomic mass is 35.5. The first kappa shape index (κ1) is 23.8. The van der Waals surface area contributed by atoms with Crippen molar-refractivity contribution in [2.24, 2.45) is 0 Å². The molecular weight excluding hydrogens is 430 g/mol. The molecule has 8 nitrogen and oxygen atoms in total. The van der Waals surface area contributed by atoms with Crippen LogP contribution in [0.25, 0.3) is 0 Å². The Morgan fingerprint density at radius 2 is 1.77 bits per heavy atom. The minimum Gasteiger partial charge on any atom is -0.383 e. The lowest BCUT2D eigenvalue weighted by Crippen LogP contribution is -2.37. The second kappa shape index (κ2) is 11.1. The molecule has 0 fully saturated rings. The predicted octanol–water partition coefficient (Wildman–Crippen LogP) is 2.12. The molecule has 0 unspecified atom stereocenters. The van der Waals surface area contributed by atoms with Crippen LogP contribution in [-0.2, 0) is 26.1 Å². The number of ether oxygens (including phenoxy) is 1. The van der Waals surface area contributed by atoms with Gasteiger partial charge in [0.2, 0.25) is 15.9 Å². The first-order valence-corrected chi connectivity index (χ1v) is 11.3. The largest absolute Gasteiger partial charge is 0.383 e. The van der Waals surface area contributed by atoms with Crippen LogP contribution in [0.3, 0.4) is 0 Å². The number of nitrogens with zero attached hydrogens (tertiary/aromatic N) is 1. The van der Waals surface area contributed by atoms with Gasteiger partial charge in [0.25, 0.3) is 5.91 Å². The third-order valence-corrected chi connectivity index (χ3v) is 5.70. The number of rotatable bonds is 10. The zero-order valence-corrected chi connectivity index (χ0v) is 18.3. The van der Waals surface area contributed by atoms with Gasteiger partial charge in [-0.15, -0.1) is 0 Å². The molecule has 0 spiro atoms. The summed E-state index contributed by atoms with van der Waals surface area (Å²) in [6, 6.07) is 13.3. The molecule has 10 heteroatoms. The van der Waals surface area contributed by atoms with Gasteiger partial charge in [-0.2, -0.15) is 4.31 Å². The summed E-state index contributed by atoms with van der Waals surface area (Å²) in [5.74, 6) is -0.955. The van der Waals surface area contributed by atoms with Crippen LogP contribution in [0.4, 0.5) is 5.69 Å². The number of halogens is 1. The number of hydrogen-bond donors (Lipinski definition) is 2. The molecule has 0 aliphatic carbocycles. The summed E-state index contributed by atoms with van der Waals surface area (Å²) in [7, 11) is -2.16. The molecule has 0 heterocycles. The molecule has 2 aromatic rings. The summed E-state index contributed by atoms with van der Waals surface area (Å²) >= 11 is 6.12. The Morgan fingerprint density at radius 1 is 1.10 bits per heavy atom. The van der Waals surface area contributed by atoms with E-state index in [1.54, 1.807) is 48.5 Å². The summed E-state index contributed by atoms with van der Waals surface area (Å²) in [4.78, 5) is 24.9. The van der Waals surface area contributed by atoms with E-state index in [2.05, 4.69) is 10.6 Å². The molecule has 0 saturated heterocycles. The van der Waals surface area contributed by atoms with E-state index in [9.17, 15) is 18.0 Å². The van der Waals surface area contributed by atoms with Gasteiger partial charge in [-0.3, -0.25) is 9.59 Å². The van der Waals surface area contributed by atoms with Crippen LogP contribution in [0.1, 0.15) is 15.9 Å². The zero-order chi connectivity index (χ0) is 22.1. The lowest BCUT2D eigenvalue weighted by Gasteiger charge is -2.20. The summed E-state index contributed by atoms with van der Waals surface area (Å²) in [5.41, 5.74) is 1.12. The van der Waals surface area contributed by atoms with E-state index < -0.39 is 22.5 Å². The Labute approximate surface area is 181 Å². The lowest BCUT2D eigenvalue weighted by molar-refractivity contribution is -0.116. The van der Waals surface area contributed by atoms with Gasteiger partial charge in [-0.25, -0.2) is 8.42 Å². The number of benzene rings is 2. The highest BCUT2D eigenvalue weighted by molar-refractivity contribution is 7.88. The van der Waals surface area contributed by atoms with Crippen molar-refractivity contribution in [1.29, 1.82) is 0 Å². The summed E-state index contributed by atoms with van der Waals surface area (Å²) in [5, 5.41) is 5.70. The SMILES string of the molecule is COCCNC(=O)c1ccccc1NC(=O)CN(Cc1ccccc1Cl)S(C)(=O)=O. The van der Waals surface area contributed by atoms with E-state index in [4.69, 9.17) is 16.3 Å². The fourth-order valence-electron chi connectivity index (χ4n) is 2.61. The molecule has 2 rings (SSSR count). The molecule has 0 saturated carbocycles. The number of amides is 2. The van der Waals surface area contributed by atoms with Gasteiger partial charge >= 0.3 is 0 Å². The third-order valence-electron chi connectivity index (χ3n) is 4.13. The van der Waals surface area contributed by atoms with Crippen LogP contribution < -0.4 is 10.6 Å². The smallest absolute Gasteiger partial charge is 0.253 e. The minimum absolute atomic E-state index is 0.0505. The number of nitrogens with one attached hydrogen (secondary N) is 2. The number of hydrogen-bond acceptors (Lipinski definition) is 5. The maximum Gasteiger partial charge on any atom is 0.253 e. The van der Waals surface area contributed by atoms with Gasteiger partial charge in [0.15, 0.2) is 0 Å². The second-order valence-electron chi connectivity index (χ2n) is 6.46. The van der Waals surface area contributed by atoms with Crippen LogP contribution in [0, 0.1) is 0 Å². The quantitative estimate of drug-likeness (QED) is 0.536. The number of para-hydroxylation sites is 1. The molecule has 0 radical (unpaired) electrons. The van der Waals surface area contributed by atoms with Crippen molar-refractivity contribution in [1.82, 2.24) is 9.62 Å². The van der Waals surface area contributed by atoms with E-state index in [1.807, 2.05) is 0 Å². The molecule has 2 N–H and O–H groups in total. The van der Waals surface area contributed by atoms with Crippen molar-refractivity contribution in [3.63, 3.8) is 0 Å². The first-order chi connectivity index (χ1) is 14.2. The van der Waals surface area contributed by atoms with Crippen LogP contribution in [0.5, 0.6) is 0 Å². The standard InChI is InChI=1S/C20H24ClN3O5S/c1-29-12-11-22-20(26)16-8-4-6-10-18(16)23-19(25)14-24(30(2,27)28)13-15-7-3-5-9-17(15)21/h3-10H,11-14H2,1-2H3,(H,22,26)(H,23,25). The van der Waals surface area contributed by atoms with Crippen molar-refractivity contribution in [2.75, 3.05) is 38.4 Å². The molecule has 30 heavy (non-hydrogen) atoms. The van der Waals surface area contributed by atoms with Gasteiger partial charge in [0.1, 0.15) is 0 Å². The van der Waals surface area contributed by atoms with Gasteiger partial charge in [0.05, 0.1) is 30.7 Å². The van der Waals surface area contributed by atoms with Crippen molar-refractivity contribution in [3.8, 4) is 0 Å². The van der Waals surface area contributed by atoms with E-state index in [0.717, 1.165) is 10.6 Å². The number of carbonyl (C=O) groups is 2. The van der Waals surface area contributed by atoms with Crippen molar-refractivity contribution < 1.29 is 22.7 Å². The Morgan fingerprint density at radius 3 is 2.43 bits per heavy atom. The van der Waals surface area contributed by atoms with Crippen LogP contribution in [0.15, 0.2) is 48.5 Å². The van der Waals surface area contributed by atoms with Crippen LogP contribution >= 0.6 is 11.6 Å². The number of methoxy groups -OCH3 is 1. The van der Waals surface area contributed by atoms with Gasteiger partial charge < -0.3 is 15.4 Å². The Bertz CT molecular complexity index is 997. The normalized spacial score (nSPS) is 11.3. The van der Waals surface area contributed by atoms with Gasteiger partial charge in [-0.05, 0) is 23.8 Å². The highest BCUT2D eigenvalue weighted by Gasteiger charge is 2.22. The molecule has 2 amide bonds. The minimum atomic E-state index is -3.69. The second-order valence-corrected chi connectivity index (χ2v) is 8.85. The molecule has 162 valence electrons. The van der Waals surface area contributed by atoms with E-state index in [0.29, 0.717) is 23.7 Å². The number of anilines is 1. The van der Waals surface area contributed by atoms with Crippen molar-refractivity contribution >= 4 is 39.1 Å². The molecule has 0 aliphatic heterocycles. The highest BCUT2D eigenvalue weighted by Crippen LogP contribution is 2.19. The van der Waals surface area contributed by atoms with Crippen molar-refractivity contribution in [3.05, 3.63) is 64.7 Å². The molecular formula is C20H24ClN3O5S. The average molecular weight is 454 g/mol. The summed E-state index contributed by atoms with van der Waals surface area (Å²) in [6.07, 6.45) is 1.02. The summed E-state index contributed by atoms with van der Waals surface area (Å²) in [6.45, 7) is 0.192. The number of sulfonamides is 1. The van der Waals surface area contributed by atoms with E-state index in [1.165, 1.54) is 7.11 Å². The molecule has 2 aromatic carbocycles. The van der Waals surface area contributed by atoms with Crippen LogP contribution in [-0.4, -0.2) is 57.6 Å². The maximum absolute atomic E-state index is 12.6. The molecule has 0 atom stereocenters. The average Bonchev–Trinajstić information content (AvgIpc) is 2.69. The Balaban J connectivity index is 2.13. The fraction of sp³-hybridized carbons (Fsp3) is 0.300. The monoisotopic (exact) mass is 453 g/mol. The Hall–Kier alpha value is -2.46. The Kier molecular flexibility index (Phi) is 8.79. The zero-order valence-electron chi connectivity index (χ0n) is 16.7. The third kappa shape index (κ3) is 7.10. The topological polar surface area (TPSA) is 105 Å². The van der Waals surface area contributed by atoms with Crippen LogP contribution in [0.2, 0.25) is 5.02 Å². The van der Waals surface area contributed by atoms with Crippen molar-refractivity contribution in [2.45, 2.75) is 6.54 Å². The van der Waals surface area contributed by atoms with Gasteiger partial charge in [-0.1, -0.05) is 41.9 Å². The predicted molar refractivity (Wildman–Crippen MR) is 116 cm³/mol.